The topological polar surface area (TPSA) is 28.2 Å². The molecular weight excluding hydrogens is 205 g/mol. The molecule has 1 fully saturated rings. The van der Waals surface area contributed by atoms with Gasteiger partial charge in [-0.3, -0.25) is 0 Å². The fourth-order valence-corrected chi connectivity index (χ4v) is 1.57. The smallest absolute Gasteiger partial charge is 0.170 e. The van der Waals surface area contributed by atoms with Gasteiger partial charge in [-0.15, -0.1) is 0 Å². The fourth-order valence-electron chi connectivity index (χ4n) is 1.57. The lowest BCUT2D eigenvalue weighted by Crippen LogP contribution is -2.21. The minimum atomic E-state index is -0.194. The minimum Gasteiger partial charge on any atom is -0.358 e. The molecule has 1 aromatic heterocycles. The van der Waals surface area contributed by atoms with E-state index in [1.807, 2.05) is 18.9 Å². The SMILES string of the molecule is CCN(C)c1nccc(CNC2CC2)c1F. The largest absolute Gasteiger partial charge is 0.358 e. The summed E-state index contributed by atoms with van der Waals surface area (Å²) in [4.78, 5) is 5.89. The molecule has 0 bridgehead atoms. The number of pyridine rings is 1. The average Bonchev–Trinajstić information content (AvgIpc) is 3.10. The monoisotopic (exact) mass is 223 g/mol. The van der Waals surface area contributed by atoms with E-state index in [1.54, 1.807) is 12.3 Å². The first-order valence-corrected chi connectivity index (χ1v) is 5.80. The van der Waals surface area contributed by atoms with E-state index >= 15 is 0 Å². The average molecular weight is 223 g/mol. The molecule has 1 N–H and O–H groups in total. The van der Waals surface area contributed by atoms with Gasteiger partial charge in [0, 0.05) is 37.9 Å². The molecular formula is C12H18FN3. The summed E-state index contributed by atoms with van der Waals surface area (Å²) in [6.45, 7) is 3.34. The van der Waals surface area contributed by atoms with Crippen LogP contribution in [0, 0.1) is 5.82 Å². The first kappa shape index (κ1) is 11.3. The number of nitrogens with zero attached hydrogens (tertiary/aromatic N) is 2. The number of nitrogens with one attached hydrogen (secondary N) is 1. The van der Waals surface area contributed by atoms with Gasteiger partial charge in [-0.1, -0.05) is 0 Å². The molecule has 2 rings (SSSR count). The first-order valence-electron chi connectivity index (χ1n) is 5.80. The van der Waals surface area contributed by atoms with Crippen molar-refractivity contribution < 1.29 is 4.39 Å². The third-order valence-corrected chi connectivity index (χ3v) is 2.95. The number of anilines is 1. The predicted octanol–water partition coefficient (Wildman–Crippen LogP) is 1.93. The van der Waals surface area contributed by atoms with Crippen LogP contribution in [0.5, 0.6) is 0 Å². The van der Waals surface area contributed by atoms with E-state index in [4.69, 9.17) is 0 Å². The molecule has 0 spiro atoms. The van der Waals surface area contributed by atoms with E-state index in [9.17, 15) is 4.39 Å². The maximum atomic E-state index is 14.0. The van der Waals surface area contributed by atoms with Gasteiger partial charge in [-0.25, -0.2) is 9.37 Å². The van der Waals surface area contributed by atoms with Crippen LogP contribution >= 0.6 is 0 Å². The highest BCUT2D eigenvalue weighted by atomic mass is 19.1. The molecule has 1 saturated carbocycles. The summed E-state index contributed by atoms with van der Waals surface area (Å²) >= 11 is 0. The van der Waals surface area contributed by atoms with Gasteiger partial charge in [0.1, 0.15) is 0 Å². The van der Waals surface area contributed by atoms with Crippen LogP contribution in [-0.2, 0) is 6.54 Å². The molecule has 88 valence electrons. The maximum Gasteiger partial charge on any atom is 0.170 e. The third-order valence-electron chi connectivity index (χ3n) is 2.95. The van der Waals surface area contributed by atoms with Crippen molar-refractivity contribution in [2.45, 2.75) is 32.4 Å². The maximum absolute atomic E-state index is 14.0. The first-order chi connectivity index (χ1) is 7.72. The number of hydrogen-bond donors (Lipinski definition) is 1. The molecule has 1 aliphatic rings. The normalized spacial score (nSPS) is 15.2. The molecule has 0 saturated heterocycles. The zero-order valence-corrected chi connectivity index (χ0v) is 9.83. The summed E-state index contributed by atoms with van der Waals surface area (Å²) in [5.41, 5.74) is 0.706. The Kier molecular flexibility index (Phi) is 3.39. The van der Waals surface area contributed by atoms with Crippen LogP contribution in [0.1, 0.15) is 25.3 Å². The summed E-state index contributed by atoms with van der Waals surface area (Å²) in [5, 5.41) is 3.31. The zero-order chi connectivity index (χ0) is 11.5. The lowest BCUT2D eigenvalue weighted by molar-refractivity contribution is 0.578. The standard InChI is InChI=1S/C12H18FN3/c1-3-16(2)12-11(13)9(6-7-14-12)8-15-10-4-5-10/h6-7,10,15H,3-5,8H2,1-2H3. The second kappa shape index (κ2) is 4.78. The summed E-state index contributed by atoms with van der Waals surface area (Å²) in [5.74, 6) is 0.248. The number of rotatable bonds is 5. The Morgan fingerprint density at radius 3 is 2.94 bits per heavy atom. The van der Waals surface area contributed by atoms with Crippen LogP contribution in [0.3, 0.4) is 0 Å². The second-order valence-corrected chi connectivity index (χ2v) is 4.28. The van der Waals surface area contributed by atoms with Gasteiger partial charge in [0.2, 0.25) is 0 Å². The quantitative estimate of drug-likeness (QED) is 0.826. The van der Waals surface area contributed by atoms with E-state index in [2.05, 4.69) is 10.3 Å². The van der Waals surface area contributed by atoms with E-state index in [1.165, 1.54) is 12.8 Å². The Labute approximate surface area is 95.7 Å². The highest BCUT2D eigenvalue weighted by Gasteiger charge is 2.21. The Bertz CT molecular complexity index is 363. The Hall–Kier alpha value is -1.16. The molecule has 16 heavy (non-hydrogen) atoms. The molecule has 0 unspecified atom stereocenters. The van der Waals surface area contributed by atoms with Gasteiger partial charge in [0.05, 0.1) is 0 Å². The van der Waals surface area contributed by atoms with Gasteiger partial charge in [0.25, 0.3) is 0 Å². The summed E-state index contributed by atoms with van der Waals surface area (Å²) in [6.07, 6.45) is 4.11. The van der Waals surface area contributed by atoms with Gasteiger partial charge in [-0.2, -0.15) is 0 Å². The van der Waals surface area contributed by atoms with Gasteiger partial charge < -0.3 is 10.2 Å². The molecule has 0 radical (unpaired) electrons. The van der Waals surface area contributed by atoms with E-state index in [-0.39, 0.29) is 5.82 Å². The number of aromatic nitrogens is 1. The third kappa shape index (κ3) is 2.50. The Morgan fingerprint density at radius 1 is 1.56 bits per heavy atom. The van der Waals surface area contributed by atoms with Crippen LogP contribution in [0.2, 0.25) is 0 Å². The van der Waals surface area contributed by atoms with Gasteiger partial charge >= 0.3 is 0 Å². The van der Waals surface area contributed by atoms with Crippen molar-refractivity contribution in [1.29, 1.82) is 0 Å². The van der Waals surface area contributed by atoms with Crippen molar-refractivity contribution in [3.63, 3.8) is 0 Å². The molecule has 0 amide bonds. The van der Waals surface area contributed by atoms with E-state index in [0.29, 0.717) is 24.0 Å². The molecule has 4 heteroatoms. The van der Waals surface area contributed by atoms with E-state index in [0.717, 1.165) is 6.54 Å². The van der Waals surface area contributed by atoms with Crippen molar-refractivity contribution in [2.24, 2.45) is 0 Å². The van der Waals surface area contributed by atoms with Crippen LogP contribution in [0.25, 0.3) is 0 Å². The number of halogens is 1. The van der Waals surface area contributed by atoms with Gasteiger partial charge in [0.15, 0.2) is 11.6 Å². The molecule has 0 aromatic carbocycles. The molecule has 0 aliphatic heterocycles. The van der Waals surface area contributed by atoms with Crippen LogP contribution in [-0.4, -0.2) is 24.6 Å². The van der Waals surface area contributed by atoms with Crippen molar-refractivity contribution in [3.05, 3.63) is 23.6 Å². The summed E-state index contributed by atoms with van der Waals surface area (Å²) in [7, 11) is 1.85. The number of hydrogen-bond acceptors (Lipinski definition) is 3. The Morgan fingerprint density at radius 2 is 2.31 bits per heavy atom. The highest BCUT2D eigenvalue weighted by Crippen LogP contribution is 2.22. The van der Waals surface area contributed by atoms with Crippen molar-refractivity contribution in [1.82, 2.24) is 10.3 Å². The Balaban J connectivity index is 2.11. The molecule has 1 heterocycles. The van der Waals surface area contributed by atoms with Crippen molar-refractivity contribution >= 4 is 5.82 Å². The fraction of sp³-hybridized carbons (Fsp3) is 0.583. The van der Waals surface area contributed by atoms with E-state index < -0.39 is 0 Å². The lowest BCUT2D eigenvalue weighted by Gasteiger charge is -2.17. The van der Waals surface area contributed by atoms with Crippen molar-refractivity contribution in [2.75, 3.05) is 18.5 Å². The lowest BCUT2D eigenvalue weighted by atomic mass is 10.2. The summed E-state index contributed by atoms with van der Waals surface area (Å²) < 4.78 is 14.0. The minimum absolute atomic E-state index is 0.194. The zero-order valence-electron chi connectivity index (χ0n) is 9.83. The predicted molar refractivity (Wildman–Crippen MR) is 63.0 cm³/mol. The van der Waals surface area contributed by atoms with Crippen LogP contribution < -0.4 is 10.2 Å². The molecule has 1 aliphatic carbocycles. The summed E-state index contributed by atoms with van der Waals surface area (Å²) in [6, 6.07) is 2.34. The van der Waals surface area contributed by atoms with Crippen molar-refractivity contribution in [3.8, 4) is 0 Å². The molecule has 1 aromatic rings. The van der Waals surface area contributed by atoms with Crippen LogP contribution in [0.15, 0.2) is 12.3 Å². The van der Waals surface area contributed by atoms with Crippen LogP contribution in [0.4, 0.5) is 10.2 Å². The molecule has 3 nitrogen and oxygen atoms in total. The van der Waals surface area contributed by atoms with Gasteiger partial charge in [-0.05, 0) is 25.8 Å². The second-order valence-electron chi connectivity index (χ2n) is 4.28. The molecule has 0 atom stereocenters. The highest BCUT2D eigenvalue weighted by molar-refractivity contribution is 5.42.